The summed E-state index contributed by atoms with van der Waals surface area (Å²) in [4.78, 5) is 23.3. The van der Waals surface area contributed by atoms with Crippen molar-refractivity contribution in [3.05, 3.63) is 71.3 Å². The summed E-state index contributed by atoms with van der Waals surface area (Å²) in [6.45, 7) is 2.38. The SMILES string of the molecule is CCc1ccc(/C=N\NC(=O)C(=O)NCc2ccccc2)cc1. The minimum atomic E-state index is -0.789. The van der Waals surface area contributed by atoms with E-state index >= 15 is 0 Å². The maximum Gasteiger partial charge on any atom is 0.329 e. The Hall–Kier alpha value is -2.95. The van der Waals surface area contributed by atoms with Gasteiger partial charge in [0.25, 0.3) is 0 Å². The molecule has 5 nitrogen and oxygen atoms in total. The second-order valence-electron chi connectivity index (χ2n) is 4.96. The molecule has 0 fully saturated rings. The van der Waals surface area contributed by atoms with Crippen molar-refractivity contribution in [3.8, 4) is 0 Å². The summed E-state index contributed by atoms with van der Waals surface area (Å²) < 4.78 is 0. The second kappa shape index (κ2) is 8.48. The molecular formula is C18H19N3O2. The molecule has 2 N–H and O–H groups in total. The molecule has 0 saturated carbocycles. The fourth-order valence-electron chi connectivity index (χ4n) is 1.91. The summed E-state index contributed by atoms with van der Waals surface area (Å²) in [5, 5.41) is 6.33. The topological polar surface area (TPSA) is 70.6 Å². The summed E-state index contributed by atoms with van der Waals surface area (Å²) in [6.07, 6.45) is 2.47. The standard InChI is InChI=1S/C18H19N3O2/c1-2-14-8-10-16(11-9-14)13-20-21-18(23)17(22)19-12-15-6-4-3-5-7-15/h3-11,13H,2,12H2,1H3,(H,19,22)(H,21,23)/b20-13-. The van der Waals surface area contributed by atoms with Gasteiger partial charge < -0.3 is 5.32 Å². The molecule has 118 valence electrons. The normalized spacial score (nSPS) is 10.5. The highest BCUT2D eigenvalue weighted by molar-refractivity contribution is 6.35. The first kappa shape index (κ1) is 16.4. The molecule has 2 aromatic carbocycles. The molecule has 0 radical (unpaired) electrons. The van der Waals surface area contributed by atoms with Crippen LogP contribution >= 0.6 is 0 Å². The first-order valence-electron chi connectivity index (χ1n) is 7.43. The lowest BCUT2D eigenvalue weighted by Crippen LogP contribution is -2.37. The summed E-state index contributed by atoms with van der Waals surface area (Å²) in [6, 6.07) is 17.2. The van der Waals surface area contributed by atoms with E-state index in [1.165, 1.54) is 11.8 Å². The van der Waals surface area contributed by atoms with Crippen LogP contribution in [0.15, 0.2) is 59.7 Å². The zero-order chi connectivity index (χ0) is 16.5. The highest BCUT2D eigenvalue weighted by Crippen LogP contribution is 2.02. The van der Waals surface area contributed by atoms with Crippen molar-refractivity contribution in [2.45, 2.75) is 19.9 Å². The summed E-state index contributed by atoms with van der Waals surface area (Å²) in [5.41, 5.74) is 5.22. The van der Waals surface area contributed by atoms with Gasteiger partial charge in [0.05, 0.1) is 6.21 Å². The van der Waals surface area contributed by atoms with Crippen molar-refractivity contribution in [1.29, 1.82) is 0 Å². The third kappa shape index (κ3) is 5.39. The Bertz CT molecular complexity index is 679. The smallest absolute Gasteiger partial charge is 0.329 e. The highest BCUT2D eigenvalue weighted by Gasteiger charge is 2.11. The van der Waals surface area contributed by atoms with Crippen LogP contribution in [0.3, 0.4) is 0 Å². The van der Waals surface area contributed by atoms with Crippen LogP contribution in [0.5, 0.6) is 0 Å². The third-order valence-electron chi connectivity index (χ3n) is 3.27. The minimum Gasteiger partial charge on any atom is -0.344 e. The maximum atomic E-state index is 11.6. The number of rotatable bonds is 5. The molecule has 2 aromatic rings. The maximum absolute atomic E-state index is 11.6. The third-order valence-corrected chi connectivity index (χ3v) is 3.27. The molecule has 0 aliphatic carbocycles. The van der Waals surface area contributed by atoms with Gasteiger partial charge in [0.2, 0.25) is 0 Å². The zero-order valence-electron chi connectivity index (χ0n) is 13.0. The Morgan fingerprint density at radius 2 is 1.65 bits per heavy atom. The number of carbonyl (C=O) groups is 2. The van der Waals surface area contributed by atoms with Gasteiger partial charge in [-0.1, -0.05) is 61.5 Å². The van der Waals surface area contributed by atoms with Gasteiger partial charge in [0.1, 0.15) is 0 Å². The van der Waals surface area contributed by atoms with Gasteiger partial charge in [-0.05, 0) is 23.1 Å². The van der Waals surface area contributed by atoms with Crippen LogP contribution in [0.25, 0.3) is 0 Å². The minimum absolute atomic E-state index is 0.301. The molecular weight excluding hydrogens is 290 g/mol. The number of carbonyl (C=O) groups excluding carboxylic acids is 2. The lowest BCUT2D eigenvalue weighted by Gasteiger charge is -2.03. The predicted octanol–water partition coefficient (Wildman–Crippen LogP) is 2.02. The van der Waals surface area contributed by atoms with Crippen molar-refractivity contribution in [1.82, 2.24) is 10.7 Å². The number of nitrogens with one attached hydrogen (secondary N) is 2. The molecule has 0 aliphatic heterocycles. The van der Waals surface area contributed by atoms with E-state index in [0.717, 1.165) is 17.5 Å². The number of hydrogen-bond acceptors (Lipinski definition) is 3. The van der Waals surface area contributed by atoms with Crippen LogP contribution in [0.4, 0.5) is 0 Å². The van der Waals surface area contributed by atoms with Crippen molar-refractivity contribution >= 4 is 18.0 Å². The van der Waals surface area contributed by atoms with Crippen molar-refractivity contribution in [2.24, 2.45) is 5.10 Å². The molecule has 5 heteroatoms. The summed E-state index contributed by atoms with van der Waals surface area (Å²) in [7, 11) is 0. The van der Waals surface area contributed by atoms with E-state index in [9.17, 15) is 9.59 Å². The lowest BCUT2D eigenvalue weighted by atomic mass is 10.1. The molecule has 23 heavy (non-hydrogen) atoms. The number of hydrazone groups is 1. The van der Waals surface area contributed by atoms with E-state index in [0.29, 0.717) is 6.54 Å². The number of aryl methyl sites for hydroxylation is 1. The van der Waals surface area contributed by atoms with E-state index in [2.05, 4.69) is 22.8 Å². The quantitative estimate of drug-likeness (QED) is 0.504. The largest absolute Gasteiger partial charge is 0.344 e. The second-order valence-corrected chi connectivity index (χ2v) is 4.96. The number of hydrogen-bond donors (Lipinski definition) is 2. The van der Waals surface area contributed by atoms with Gasteiger partial charge in [0.15, 0.2) is 0 Å². The Kier molecular flexibility index (Phi) is 6.06. The van der Waals surface area contributed by atoms with Crippen LogP contribution in [0, 0.1) is 0 Å². The predicted molar refractivity (Wildman–Crippen MR) is 89.8 cm³/mol. The summed E-state index contributed by atoms with van der Waals surface area (Å²) in [5.74, 6) is -1.50. The molecule has 0 aliphatic rings. The zero-order valence-corrected chi connectivity index (χ0v) is 13.0. The Morgan fingerprint density at radius 1 is 0.957 bits per heavy atom. The fraction of sp³-hybridized carbons (Fsp3) is 0.167. The van der Waals surface area contributed by atoms with E-state index in [-0.39, 0.29) is 0 Å². The van der Waals surface area contributed by atoms with Gasteiger partial charge in [-0.25, -0.2) is 5.43 Å². The number of nitrogens with zero attached hydrogens (tertiary/aromatic N) is 1. The average molecular weight is 309 g/mol. The van der Waals surface area contributed by atoms with Gasteiger partial charge in [-0.3, -0.25) is 9.59 Å². The summed E-state index contributed by atoms with van der Waals surface area (Å²) >= 11 is 0. The monoisotopic (exact) mass is 309 g/mol. The van der Waals surface area contributed by atoms with Crippen LogP contribution in [0.2, 0.25) is 0 Å². The van der Waals surface area contributed by atoms with Crippen molar-refractivity contribution < 1.29 is 9.59 Å². The van der Waals surface area contributed by atoms with E-state index < -0.39 is 11.8 Å². The molecule has 0 saturated heterocycles. The van der Waals surface area contributed by atoms with E-state index in [4.69, 9.17) is 0 Å². The lowest BCUT2D eigenvalue weighted by molar-refractivity contribution is -0.139. The molecule has 0 bridgehead atoms. The van der Waals surface area contributed by atoms with Gasteiger partial charge >= 0.3 is 11.8 Å². The van der Waals surface area contributed by atoms with E-state index in [1.54, 1.807) is 0 Å². The molecule has 0 spiro atoms. The van der Waals surface area contributed by atoms with Gasteiger partial charge in [-0.15, -0.1) is 0 Å². The molecule has 0 atom stereocenters. The van der Waals surface area contributed by atoms with Crippen LogP contribution in [0.1, 0.15) is 23.6 Å². The van der Waals surface area contributed by atoms with E-state index in [1.807, 2.05) is 54.6 Å². The van der Waals surface area contributed by atoms with Crippen molar-refractivity contribution in [2.75, 3.05) is 0 Å². The number of benzene rings is 2. The molecule has 0 heterocycles. The Balaban J connectivity index is 1.79. The average Bonchev–Trinajstić information content (AvgIpc) is 2.61. The molecule has 0 aromatic heterocycles. The van der Waals surface area contributed by atoms with Crippen LogP contribution in [-0.4, -0.2) is 18.0 Å². The molecule has 0 unspecified atom stereocenters. The van der Waals surface area contributed by atoms with Gasteiger partial charge in [-0.2, -0.15) is 5.10 Å². The molecule has 2 amide bonds. The Morgan fingerprint density at radius 3 is 2.30 bits per heavy atom. The highest BCUT2D eigenvalue weighted by atomic mass is 16.2. The first-order chi connectivity index (χ1) is 11.2. The Labute approximate surface area is 135 Å². The van der Waals surface area contributed by atoms with Crippen molar-refractivity contribution in [3.63, 3.8) is 0 Å². The van der Waals surface area contributed by atoms with Crippen LogP contribution in [-0.2, 0) is 22.6 Å². The fourth-order valence-corrected chi connectivity index (χ4v) is 1.91. The first-order valence-corrected chi connectivity index (χ1v) is 7.43. The van der Waals surface area contributed by atoms with Crippen LogP contribution < -0.4 is 10.7 Å². The number of amides is 2. The molecule has 2 rings (SSSR count). The van der Waals surface area contributed by atoms with Gasteiger partial charge in [0, 0.05) is 6.54 Å².